The molecule has 1 rings (SSSR count). The van der Waals surface area contributed by atoms with Crippen molar-refractivity contribution in [1.29, 1.82) is 0 Å². The molecule has 9 heteroatoms. The maximum Gasteiger partial charge on any atom is 0.305 e. The van der Waals surface area contributed by atoms with Gasteiger partial charge in [0.25, 0.3) is 10.1 Å². The number of carbonyl (C=O) groups is 1. The first-order valence-electron chi connectivity index (χ1n) is 10.9. The van der Waals surface area contributed by atoms with Gasteiger partial charge in [-0.2, -0.15) is 8.42 Å². The predicted octanol–water partition coefficient (Wildman–Crippen LogP) is 3.35. The zero-order valence-corrected chi connectivity index (χ0v) is 19.3. The molecule has 0 aliphatic heterocycles. The Morgan fingerprint density at radius 3 is 1.90 bits per heavy atom. The van der Waals surface area contributed by atoms with Gasteiger partial charge in [0.2, 0.25) is 0 Å². The molecule has 178 valence electrons. The molecule has 0 bridgehead atoms. The molecule has 0 atom stereocenters. The Kier molecular flexibility index (Phi) is 16.1. The Morgan fingerprint density at radius 2 is 1.29 bits per heavy atom. The van der Waals surface area contributed by atoms with E-state index in [0.29, 0.717) is 39.5 Å². The van der Waals surface area contributed by atoms with E-state index in [1.807, 2.05) is 0 Å². The first-order chi connectivity index (χ1) is 15.1. The summed E-state index contributed by atoms with van der Waals surface area (Å²) in [6, 6.07) is 7.96. The molecule has 8 nitrogen and oxygen atoms in total. The summed E-state index contributed by atoms with van der Waals surface area (Å²) in [7, 11) is -3.75. The van der Waals surface area contributed by atoms with E-state index in [0.717, 1.165) is 12.8 Å². The van der Waals surface area contributed by atoms with Crippen molar-refractivity contribution in [3.63, 3.8) is 0 Å². The third-order valence-corrected chi connectivity index (χ3v) is 5.54. The number of hydrogen-bond donors (Lipinski definition) is 0. The lowest BCUT2D eigenvalue weighted by atomic mass is 10.1. The van der Waals surface area contributed by atoms with Crippen LogP contribution in [0.25, 0.3) is 0 Å². The number of esters is 1. The normalized spacial score (nSPS) is 11.5. The van der Waals surface area contributed by atoms with Crippen LogP contribution in [-0.4, -0.2) is 67.2 Å². The van der Waals surface area contributed by atoms with Crippen LogP contribution < -0.4 is 0 Å². The predicted molar refractivity (Wildman–Crippen MR) is 116 cm³/mol. The molecule has 1 aromatic carbocycles. The molecule has 0 aliphatic rings. The number of carbonyl (C=O) groups excluding carboxylic acids is 1. The van der Waals surface area contributed by atoms with Gasteiger partial charge in [0.05, 0.1) is 51.1 Å². The van der Waals surface area contributed by atoms with Gasteiger partial charge >= 0.3 is 5.97 Å². The van der Waals surface area contributed by atoms with Gasteiger partial charge in [0.1, 0.15) is 6.61 Å². The largest absolute Gasteiger partial charge is 0.463 e. The minimum Gasteiger partial charge on any atom is -0.463 e. The molecule has 0 spiro atoms. The molecular formula is C22H36O8S. The molecular weight excluding hydrogens is 424 g/mol. The van der Waals surface area contributed by atoms with Crippen molar-refractivity contribution in [1.82, 2.24) is 0 Å². The van der Waals surface area contributed by atoms with E-state index in [2.05, 4.69) is 6.92 Å². The van der Waals surface area contributed by atoms with Crippen LogP contribution in [0.2, 0.25) is 0 Å². The highest BCUT2D eigenvalue weighted by Gasteiger charge is 2.13. The van der Waals surface area contributed by atoms with Crippen LogP contribution in [-0.2, 0) is 38.0 Å². The Bertz CT molecular complexity index is 663. The van der Waals surface area contributed by atoms with Crippen LogP contribution in [0, 0.1) is 0 Å². The molecule has 0 radical (unpaired) electrons. The molecule has 0 fully saturated rings. The number of benzene rings is 1. The van der Waals surface area contributed by atoms with Crippen LogP contribution in [0.3, 0.4) is 0 Å². The van der Waals surface area contributed by atoms with Crippen LogP contribution in [0.15, 0.2) is 35.2 Å². The summed E-state index contributed by atoms with van der Waals surface area (Å²) in [5.74, 6) is -0.172. The Hall–Kier alpha value is -1.52. The van der Waals surface area contributed by atoms with Gasteiger partial charge < -0.3 is 18.9 Å². The van der Waals surface area contributed by atoms with Crippen molar-refractivity contribution in [3.8, 4) is 0 Å². The lowest BCUT2D eigenvalue weighted by Crippen LogP contribution is -2.15. The topological polar surface area (TPSA) is 97.4 Å². The summed E-state index contributed by atoms with van der Waals surface area (Å²) in [5.41, 5.74) is 0. The molecule has 0 saturated heterocycles. The summed E-state index contributed by atoms with van der Waals surface area (Å²) < 4.78 is 49.7. The minimum atomic E-state index is -3.75. The monoisotopic (exact) mass is 460 g/mol. The van der Waals surface area contributed by atoms with E-state index in [-0.39, 0.29) is 30.7 Å². The molecule has 0 heterocycles. The van der Waals surface area contributed by atoms with Crippen molar-refractivity contribution < 1.29 is 36.3 Å². The number of unbranched alkanes of at least 4 members (excludes halogenated alkanes) is 4. The van der Waals surface area contributed by atoms with Gasteiger partial charge in [-0.25, -0.2) is 0 Å². The third kappa shape index (κ3) is 15.0. The Labute approximate surface area is 186 Å². The molecule has 0 amide bonds. The van der Waals surface area contributed by atoms with E-state index >= 15 is 0 Å². The van der Waals surface area contributed by atoms with Crippen molar-refractivity contribution in [2.45, 2.75) is 50.3 Å². The smallest absolute Gasteiger partial charge is 0.305 e. The molecule has 0 N–H and O–H groups in total. The van der Waals surface area contributed by atoms with Crippen molar-refractivity contribution >= 4 is 16.1 Å². The van der Waals surface area contributed by atoms with Crippen molar-refractivity contribution in [2.75, 3.05) is 52.9 Å². The highest BCUT2D eigenvalue weighted by Crippen LogP contribution is 2.10. The highest BCUT2D eigenvalue weighted by atomic mass is 32.2. The summed E-state index contributed by atoms with van der Waals surface area (Å²) in [6.07, 6.45) is 5.99. The summed E-state index contributed by atoms with van der Waals surface area (Å²) in [4.78, 5) is 11.6. The van der Waals surface area contributed by atoms with Gasteiger partial charge in [-0.1, -0.05) is 50.8 Å². The zero-order chi connectivity index (χ0) is 22.6. The van der Waals surface area contributed by atoms with Crippen LogP contribution >= 0.6 is 0 Å². The second-order valence-electron chi connectivity index (χ2n) is 6.81. The van der Waals surface area contributed by atoms with E-state index < -0.39 is 10.1 Å². The first kappa shape index (κ1) is 27.5. The summed E-state index contributed by atoms with van der Waals surface area (Å²) in [5, 5.41) is 0. The quantitative estimate of drug-likeness (QED) is 0.166. The van der Waals surface area contributed by atoms with Gasteiger partial charge in [0, 0.05) is 6.42 Å². The number of ether oxygens (including phenoxy) is 4. The average molecular weight is 461 g/mol. The molecule has 0 aliphatic carbocycles. The van der Waals surface area contributed by atoms with E-state index in [1.54, 1.807) is 18.2 Å². The lowest BCUT2D eigenvalue weighted by molar-refractivity contribution is -0.145. The Balaban J connectivity index is 1.84. The van der Waals surface area contributed by atoms with E-state index in [4.69, 9.17) is 23.1 Å². The van der Waals surface area contributed by atoms with Crippen LogP contribution in [0.1, 0.15) is 45.4 Å². The Morgan fingerprint density at radius 1 is 0.742 bits per heavy atom. The number of rotatable bonds is 20. The first-order valence-corrected chi connectivity index (χ1v) is 12.3. The summed E-state index contributed by atoms with van der Waals surface area (Å²) in [6.45, 7) is 4.33. The minimum absolute atomic E-state index is 0.0577. The lowest BCUT2D eigenvalue weighted by Gasteiger charge is -2.08. The highest BCUT2D eigenvalue weighted by molar-refractivity contribution is 7.86. The van der Waals surface area contributed by atoms with Gasteiger partial charge in [-0.05, 0) is 18.6 Å². The second kappa shape index (κ2) is 18.1. The molecule has 31 heavy (non-hydrogen) atoms. The fraction of sp³-hybridized carbons (Fsp3) is 0.682. The summed E-state index contributed by atoms with van der Waals surface area (Å²) >= 11 is 0. The van der Waals surface area contributed by atoms with Crippen molar-refractivity contribution in [2.24, 2.45) is 0 Å². The van der Waals surface area contributed by atoms with Crippen molar-refractivity contribution in [3.05, 3.63) is 30.3 Å². The standard InChI is InChI=1S/C22H36O8S/c1-2-3-4-5-9-12-22(23)29-19-17-27-15-13-26-14-16-28-18-20-30-31(24,25)21-10-7-6-8-11-21/h6-8,10-11H,2-5,9,12-20H2,1H3. The molecule has 0 aromatic heterocycles. The zero-order valence-electron chi connectivity index (χ0n) is 18.5. The average Bonchev–Trinajstić information content (AvgIpc) is 2.77. The molecule has 1 aromatic rings. The fourth-order valence-electron chi connectivity index (χ4n) is 2.56. The van der Waals surface area contributed by atoms with Crippen LogP contribution in [0.4, 0.5) is 0 Å². The molecule has 0 unspecified atom stereocenters. The number of hydrogen-bond acceptors (Lipinski definition) is 8. The maximum absolute atomic E-state index is 11.9. The third-order valence-electron chi connectivity index (χ3n) is 4.22. The second-order valence-corrected chi connectivity index (χ2v) is 8.43. The van der Waals surface area contributed by atoms with E-state index in [1.165, 1.54) is 31.4 Å². The van der Waals surface area contributed by atoms with E-state index in [9.17, 15) is 13.2 Å². The fourth-order valence-corrected chi connectivity index (χ4v) is 3.47. The molecule has 0 saturated carbocycles. The van der Waals surface area contributed by atoms with Crippen LogP contribution in [0.5, 0.6) is 0 Å². The SMILES string of the molecule is CCCCCCCC(=O)OCCOCCOCCOCCOS(=O)(=O)c1ccccc1. The van der Waals surface area contributed by atoms with Gasteiger partial charge in [-0.15, -0.1) is 0 Å². The van der Waals surface area contributed by atoms with Gasteiger partial charge in [0.15, 0.2) is 0 Å². The maximum atomic E-state index is 11.9. The van der Waals surface area contributed by atoms with Gasteiger partial charge in [-0.3, -0.25) is 8.98 Å².